The lowest BCUT2D eigenvalue weighted by Crippen LogP contribution is -2.51. The first kappa shape index (κ1) is 11.8. The summed E-state index contributed by atoms with van der Waals surface area (Å²) in [4.78, 5) is 2.37. The molecule has 2 N–H and O–H groups in total. The van der Waals surface area contributed by atoms with E-state index in [1.165, 1.54) is 11.3 Å². The molecule has 4 nitrogen and oxygen atoms in total. The van der Waals surface area contributed by atoms with Crippen molar-refractivity contribution in [1.82, 2.24) is 10.2 Å². The van der Waals surface area contributed by atoms with E-state index in [9.17, 15) is 0 Å². The van der Waals surface area contributed by atoms with Crippen LogP contribution in [-0.4, -0.2) is 50.8 Å². The Morgan fingerprint density at radius 1 is 1.50 bits per heavy atom. The van der Waals surface area contributed by atoms with Crippen molar-refractivity contribution in [1.29, 1.82) is 0 Å². The second-order valence-electron chi connectivity index (χ2n) is 5.22. The molecule has 0 aliphatic carbocycles. The van der Waals surface area contributed by atoms with Crippen LogP contribution < -0.4 is 15.4 Å². The summed E-state index contributed by atoms with van der Waals surface area (Å²) >= 11 is 0. The van der Waals surface area contributed by atoms with Gasteiger partial charge < -0.3 is 20.3 Å². The number of hydrogen-bond donors (Lipinski definition) is 2. The fourth-order valence-corrected chi connectivity index (χ4v) is 2.67. The lowest BCUT2D eigenvalue weighted by Gasteiger charge is -2.31. The van der Waals surface area contributed by atoms with Crippen molar-refractivity contribution in [2.45, 2.75) is 12.5 Å². The van der Waals surface area contributed by atoms with Crippen LogP contribution in [0.25, 0.3) is 0 Å². The average molecular weight is 247 g/mol. The molecular weight excluding hydrogens is 226 g/mol. The van der Waals surface area contributed by atoms with Crippen LogP contribution in [0.1, 0.15) is 5.56 Å². The second-order valence-corrected chi connectivity index (χ2v) is 5.22. The number of ether oxygens (including phenoxy) is 1. The van der Waals surface area contributed by atoms with E-state index < -0.39 is 0 Å². The van der Waals surface area contributed by atoms with E-state index >= 15 is 0 Å². The molecule has 0 saturated carbocycles. The summed E-state index contributed by atoms with van der Waals surface area (Å²) in [6.45, 7) is 5.15. The van der Waals surface area contributed by atoms with Gasteiger partial charge in [0.05, 0.1) is 6.61 Å². The van der Waals surface area contributed by atoms with Gasteiger partial charge in [-0.05, 0) is 30.8 Å². The number of anilines is 1. The highest BCUT2D eigenvalue weighted by atomic mass is 16.5. The summed E-state index contributed by atoms with van der Waals surface area (Å²) in [5.41, 5.74) is 2.53. The van der Waals surface area contributed by atoms with E-state index in [-0.39, 0.29) is 0 Å². The largest absolute Gasteiger partial charge is 0.493 e. The van der Waals surface area contributed by atoms with Crippen LogP contribution in [0.5, 0.6) is 5.75 Å². The molecule has 0 radical (unpaired) electrons. The van der Waals surface area contributed by atoms with Crippen LogP contribution in [0.4, 0.5) is 5.69 Å². The normalized spacial score (nSPS) is 23.5. The predicted molar refractivity (Wildman–Crippen MR) is 73.4 cm³/mol. The molecule has 1 aromatic carbocycles. The fourth-order valence-electron chi connectivity index (χ4n) is 2.67. The van der Waals surface area contributed by atoms with Gasteiger partial charge in [-0.1, -0.05) is 0 Å². The quantitative estimate of drug-likeness (QED) is 0.833. The van der Waals surface area contributed by atoms with Crippen molar-refractivity contribution in [3.63, 3.8) is 0 Å². The van der Waals surface area contributed by atoms with Gasteiger partial charge in [-0.15, -0.1) is 0 Å². The number of nitrogens with one attached hydrogen (secondary N) is 2. The molecule has 3 rings (SSSR count). The lowest BCUT2D eigenvalue weighted by atomic mass is 10.1. The van der Waals surface area contributed by atoms with Crippen LogP contribution in [0.15, 0.2) is 18.2 Å². The van der Waals surface area contributed by atoms with Crippen LogP contribution in [-0.2, 0) is 6.42 Å². The van der Waals surface area contributed by atoms with Gasteiger partial charge >= 0.3 is 0 Å². The van der Waals surface area contributed by atoms with Gasteiger partial charge in [0.1, 0.15) is 5.75 Å². The van der Waals surface area contributed by atoms with Gasteiger partial charge in [0, 0.05) is 44.3 Å². The molecule has 0 aromatic heterocycles. The second kappa shape index (κ2) is 5.16. The summed E-state index contributed by atoms with van der Waals surface area (Å²) in [6, 6.07) is 6.93. The number of fused-ring (bicyclic) bond motifs is 1. The maximum absolute atomic E-state index is 5.52. The maximum atomic E-state index is 5.52. The van der Waals surface area contributed by atoms with Gasteiger partial charge in [-0.3, -0.25) is 0 Å². The molecule has 4 heteroatoms. The molecular formula is C14H21N3O. The van der Waals surface area contributed by atoms with Gasteiger partial charge in [0.25, 0.3) is 0 Å². The number of piperazine rings is 1. The van der Waals surface area contributed by atoms with E-state index in [0.29, 0.717) is 6.04 Å². The van der Waals surface area contributed by atoms with Gasteiger partial charge in [0.2, 0.25) is 0 Å². The van der Waals surface area contributed by atoms with Crippen molar-refractivity contribution in [2.75, 3.05) is 45.2 Å². The summed E-state index contributed by atoms with van der Waals surface area (Å²) in [5.74, 6) is 1.05. The number of likely N-dealkylation sites (N-methyl/N-ethyl adjacent to an activating group) is 1. The van der Waals surface area contributed by atoms with Crippen LogP contribution in [0.2, 0.25) is 0 Å². The highest BCUT2D eigenvalue weighted by Crippen LogP contribution is 2.27. The number of benzene rings is 1. The van der Waals surface area contributed by atoms with E-state index in [1.54, 1.807) is 0 Å². The molecule has 0 amide bonds. The van der Waals surface area contributed by atoms with E-state index in [2.05, 4.69) is 40.8 Å². The Kier molecular flexibility index (Phi) is 3.39. The highest BCUT2D eigenvalue weighted by Gasteiger charge is 2.16. The zero-order valence-electron chi connectivity index (χ0n) is 10.9. The Balaban J connectivity index is 1.56. The fraction of sp³-hybridized carbons (Fsp3) is 0.571. The first-order valence-corrected chi connectivity index (χ1v) is 6.73. The molecule has 0 spiro atoms. The molecule has 18 heavy (non-hydrogen) atoms. The smallest absolute Gasteiger partial charge is 0.122 e. The van der Waals surface area contributed by atoms with Crippen molar-refractivity contribution >= 4 is 5.69 Å². The third kappa shape index (κ3) is 2.60. The minimum atomic E-state index is 0.535. The third-order valence-corrected chi connectivity index (χ3v) is 3.70. The summed E-state index contributed by atoms with van der Waals surface area (Å²) in [5, 5.41) is 7.06. The van der Waals surface area contributed by atoms with Crippen LogP contribution in [0, 0.1) is 0 Å². The zero-order chi connectivity index (χ0) is 12.4. The lowest BCUT2D eigenvalue weighted by molar-refractivity contribution is 0.244. The zero-order valence-corrected chi connectivity index (χ0v) is 10.9. The minimum Gasteiger partial charge on any atom is -0.493 e. The minimum absolute atomic E-state index is 0.535. The Labute approximate surface area is 108 Å². The Hall–Kier alpha value is -1.26. The predicted octanol–water partition coefficient (Wildman–Crippen LogP) is 0.937. The highest BCUT2D eigenvalue weighted by molar-refractivity contribution is 5.52. The molecule has 2 aliphatic heterocycles. The van der Waals surface area contributed by atoms with Gasteiger partial charge in [-0.2, -0.15) is 0 Å². The SMILES string of the molecule is CN1CCNC(CNc2ccc3c(c2)CCO3)C1. The molecule has 1 atom stereocenters. The summed E-state index contributed by atoms with van der Waals surface area (Å²) in [6.07, 6.45) is 1.04. The van der Waals surface area contributed by atoms with Crippen LogP contribution >= 0.6 is 0 Å². The maximum Gasteiger partial charge on any atom is 0.122 e. The molecule has 0 bridgehead atoms. The topological polar surface area (TPSA) is 36.5 Å². The van der Waals surface area contributed by atoms with Crippen LogP contribution in [0.3, 0.4) is 0 Å². The Morgan fingerprint density at radius 3 is 3.33 bits per heavy atom. The Morgan fingerprint density at radius 2 is 2.44 bits per heavy atom. The number of hydrogen-bond acceptors (Lipinski definition) is 4. The summed E-state index contributed by atoms with van der Waals surface area (Å²) in [7, 11) is 2.18. The monoisotopic (exact) mass is 247 g/mol. The van der Waals surface area contributed by atoms with Crippen molar-refractivity contribution in [2.24, 2.45) is 0 Å². The molecule has 1 saturated heterocycles. The average Bonchev–Trinajstić information content (AvgIpc) is 2.84. The van der Waals surface area contributed by atoms with Gasteiger partial charge in [0.15, 0.2) is 0 Å². The van der Waals surface area contributed by atoms with Crippen molar-refractivity contribution in [3.05, 3.63) is 23.8 Å². The van der Waals surface area contributed by atoms with E-state index in [4.69, 9.17) is 4.74 Å². The molecule has 2 heterocycles. The molecule has 1 aromatic rings. The van der Waals surface area contributed by atoms with E-state index in [0.717, 1.165) is 45.0 Å². The van der Waals surface area contributed by atoms with Gasteiger partial charge in [-0.25, -0.2) is 0 Å². The number of rotatable bonds is 3. The first-order valence-electron chi connectivity index (χ1n) is 6.73. The van der Waals surface area contributed by atoms with Crippen molar-refractivity contribution in [3.8, 4) is 5.75 Å². The standard InChI is InChI=1S/C14H21N3O/c1-17-6-5-15-13(10-17)9-16-12-2-3-14-11(8-12)4-7-18-14/h2-3,8,13,15-16H,4-7,9-10H2,1H3. The molecule has 1 unspecified atom stereocenters. The molecule has 1 fully saturated rings. The third-order valence-electron chi connectivity index (χ3n) is 3.70. The first-order chi connectivity index (χ1) is 8.81. The van der Waals surface area contributed by atoms with E-state index in [1.807, 2.05) is 0 Å². The number of nitrogens with zero attached hydrogens (tertiary/aromatic N) is 1. The molecule has 98 valence electrons. The Bertz CT molecular complexity index is 422. The molecule has 2 aliphatic rings. The van der Waals surface area contributed by atoms with Crippen molar-refractivity contribution < 1.29 is 4.74 Å². The summed E-state index contributed by atoms with van der Waals surface area (Å²) < 4.78 is 5.52.